The number of aromatic nitrogens is 3. The molecule has 2 aromatic heterocycles. The zero-order chi connectivity index (χ0) is 20.3. The lowest BCUT2D eigenvalue weighted by molar-refractivity contribution is 0.174. The zero-order valence-corrected chi connectivity index (χ0v) is 17.8. The minimum Gasteiger partial charge on any atom is -0.486 e. The smallest absolute Gasteiger partial charge is 0.277 e. The Kier molecular flexibility index (Phi) is 5.48. The fourth-order valence-corrected chi connectivity index (χ4v) is 4.30. The summed E-state index contributed by atoms with van der Waals surface area (Å²) in [6.07, 6.45) is 0. The predicted molar refractivity (Wildman–Crippen MR) is 113 cm³/mol. The van der Waals surface area contributed by atoms with E-state index in [-0.39, 0.29) is 6.79 Å². The second kappa shape index (κ2) is 8.55. The van der Waals surface area contributed by atoms with Crippen molar-refractivity contribution in [2.75, 3.05) is 6.79 Å². The van der Waals surface area contributed by atoms with Gasteiger partial charge in [-0.15, -0.1) is 21.5 Å². The van der Waals surface area contributed by atoms with Gasteiger partial charge in [-0.3, -0.25) is 0 Å². The summed E-state index contributed by atoms with van der Waals surface area (Å²) in [5.41, 5.74) is 1.72. The van der Waals surface area contributed by atoms with Crippen molar-refractivity contribution in [1.82, 2.24) is 15.2 Å². The van der Waals surface area contributed by atoms with Crippen LogP contribution < -0.4 is 14.2 Å². The van der Waals surface area contributed by atoms with Gasteiger partial charge in [0.05, 0.1) is 5.69 Å². The summed E-state index contributed by atoms with van der Waals surface area (Å²) in [6.45, 7) is 0.635. The number of hydrogen-bond acceptors (Lipinski definition) is 9. The van der Waals surface area contributed by atoms with Gasteiger partial charge < -0.3 is 18.6 Å². The number of ether oxygens (including phenoxy) is 3. The van der Waals surface area contributed by atoms with E-state index in [1.54, 1.807) is 23.5 Å². The number of thioether (sulfide) groups is 1. The van der Waals surface area contributed by atoms with E-state index in [0.29, 0.717) is 40.0 Å². The SMILES string of the molecule is Clc1ccc(OCc2nc(CSc3nnc(-c4ccc5c(c4)OCO5)o3)cs2)cc1. The van der Waals surface area contributed by atoms with Gasteiger partial charge in [-0.2, -0.15) is 0 Å². The minimum atomic E-state index is 0.226. The first-order valence-corrected chi connectivity index (χ1v) is 11.2. The predicted octanol–water partition coefficient (Wildman–Crippen LogP) is 5.45. The summed E-state index contributed by atoms with van der Waals surface area (Å²) >= 11 is 8.87. The number of thiazole rings is 1. The summed E-state index contributed by atoms with van der Waals surface area (Å²) in [5, 5.41) is 12.3. The molecule has 0 unspecified atom stereocenters. The lowest BCUT2D eigenvalue weighted by atomic mass is 10.2. The molecule has 0 saturated heterocycles. The summed E-state index contributed by atoms with van der Waals surface area (Å²) in [4.78, 5) is 4.59. The van der Waals surface area contributed by atoms with Crippen molar-refractivity contribution >= 4 is 34.7 Å². The minimum absolute atomic E-state index is 0.226. The van der Waals surface area contributed by atoms with Gasteiger partial charge in [-0.05, 0) is 42.5 Å². The molecule has 7 nitrogen and oxygen atoms in total. The molecule has 0 bridgehead atoms. The van der Waals surface area contributed by atoms with E-state index in [1.165, 1.54) is 11.8 Å². The maximum absolute atomic E-state index is 5.88. The number of nitrogens with zero attached hydrogens (tertiary/aromatic N) is 3. The second-order valence-corrected chi connectivity index (χ2v) is 8.51. The molecule has 0 radical (unpaired) electrons. The van der Waals surface area contributed by atoms with Crippen molar-refractivity contribution in [2.45, 2.75) is 17.6 Å². The molecule has 10 heteroatoms. The van der Waals surface area contributed by atoms with E-state index in [2.05, 4.69) is 15.2 Å². The molecule has 1 aliphatic rings. The summed E-state index contributed by atoms with van der Waals surface area (Å²) in [7, 11) is 0. The van der Waals surface area contributed by atoms with Crippen LogP contribution in [-0.2, 0) is 12.4 Å². The van der Waals surface area contributed by atoms with Crippen LogP contribution in [0.1, 0.15) is 10.7 Å². The molecule has 5 rings (SSSR count). The van der Waals surface area contributed by atoms with Crippen molar-refractivity contribution in [1.29, 1.82) is 0 Å². The highest BCUT2D eigenvalue weighted by molar-refractivity contribution is 7.98. The molecular weight excluding hydrogens is 446 g/mol. The Morgan fingerprint density at radius 2 is 1.93 bits per heavy atom. The van der Waals surface area contributed by atoms with Crippen LogP contribution in [-0.4, -0.2) is 22.0 Å². The Hall–Kier alpha value is -2.75. The summed E-state index contributed by atoms with van der Waals surface area (Å²) in [5.74, 6) is 3.21. The molecule has 0 aliphatic carbocycles. The largest absolute Gasteiger partial charge is 0.486 e. The molecular formula is C20H14ClN3O4S2. The van der Waals surface area contributed by atoms with Crippen LogP contribution in [0.5, 0.6) is 17.2 Å². The van der Waals surface area contributed by atoms with E-state index >= 15 is 0 Å². The highest BCUT2D eigenvalue weighted by Crippen LogP contribution is 2.36. The van der Waals surface area contributed by atoms with Gasteiger partial charge in [0.25, 0.3) is 5.22 Å². The fourth-order valence-electron chi connectivity index (χ4n) is 2.71. The zero-order valence-electron chi connectivity index (χ0n) is 15.4. The van der Waals surface area contributed by atoms with E-state index in [1.807, 2.05) is 35.7 Å². The van der Waals surface area contributed by atoms with Crippen LogP contribution in [0.25, 0.3) is 11.5 Å². The molecule has 4 aromatic rings. The van der Waals surface area contributed by atoms with Gasteiger partial charge in [0.1, 0.15) is 17.4 Å². The van der Waals surface area contributed by atoms with Gasteiger partial charge in [0, 0.05) is 21.7 Å². The Morgan fingerprint density at radius 1 is 1.07 bits per heavy atom. The molecule has 0 fully saturated rings. The first-order chi connectivity index (χ1) is 14.7. The molecule has 0 saturated carbocycles. The molecule has 30 heavy (non-hydrogen) atoms. The van der Waals surface area contributed by atoms with Crippen molar-refractivity contribution in [3.05, 3.63) is 63.6 Å². The quantitative estimate of drug-likeness (QED) is 0.338. The van der Waals surface area contributed by atoms with Crippen LogP contribution in [0.2, 0.25) is 5.02 Å². The summed E-state index contributed by atoms with van der Waals surface area (Å²) < 4.78 is 22.2. The van der Waals surface area contributed by atoms with Crippen molar-refractivity contribution in [2.24, 2.45) is 0 Å². The third-order valence-corrected chi connectivity index (χ3v) is 6.12. The molecule has 0 amide bonds. The van der Waals surface area contributed by atoms with Crippen LogP contribution >= 0.6 is 34.7 Å². The normalized spacial score (nSPS) is 12.3. The first kappa shape index (κ1) is 19.2. The van der Waals surface area contributed by atoms with E-state index in [9.17, 15) is 0 Å². The number of fused-ring (bicyclic) bond motifs is 1. The summed E-state index contributed by atoms with van der Waals surface area (Å²) in [6, 6.07) is 12.8. The highest BCUT2D eigenvalue weighted by atomic mass is 35.5. The maximum Gasteiger partial charge on any atom is 0.277 e. The topological polar surface area (TPSA) is 79.5 Å². The lowest BCUT2D eigenvalue weighted by Gasteiger charge is -2.03. The highest BCUT2D eigenvalue weighted by Gasteiger charge is 2.17. The molecule has 0 atom stereocenters. The van der Waals surface area contributed by atoms with E-state index < -0.39 is 0 Å². The van der Waals surface area contributed by atoms with Gasteiger partial charge >= 0.3 is 0 Å². The standard InChI is InChI=1S/C20H14ClN3O4S2/c21-13-2-4-15(5-3-13)25-8-18-22-14(9-29-18)10-30-20-24-23-19(28-20)12-1-6-16-17(7-12)27-11-26-16/h1-7,9H,8,10-11H2. The molecule has 3 heterocycles. The third-order valence-electron chi connectivity index (χ3n) is 4.14. The Labute approximate surface area is 185 Å². The Balaban J connectivity index is 1.17. The average molecular weight is 460 g/mol. The molecule has 0 N–H and O–H groups in total. The number of benzene rings is 2. The first-order valence-electron chi connectivity index (χ1n) is 8.91. The van der Waals surface area contributed by atoms with Crippen molar-refractivity contribution in [3.63, 3.8) is 0 Å². The van der Waals surface area contributed by atoms with Crippen LogP contribution in [0.15, 0.2) is 57.5 Å². The molecule has 152 valence electrons. The Bertz CT molecular complexity index is 1160. The third kappa shape index (κ3) is 4.38. The second-order valence-electron chi connectivity index (χ2n) is 6.21. The van der Waals surface area contributed by atoms with Crippen molar-refractivity contribution < 1.29 is 18.6 Å². The average Bonchev–Trinajstić information content (AvgIpc) is 3.51. The number of halogens is 1. The molecule has 0 spiro atoms. The van der Waals surface area contributed by atoms with Crippen LogP contribution in [0, 0.1) is 0 Å². The number of hydrogen-bond donors (Lipinski definition) is 0. The lowest BCUT2D eigenvalue weighted by Crippen LogP contribution is -1.95. The fraction of sp³-hybridized carbons (Fsp3) is 0.150. The van der Waals surface area contributed by atoms with Crippen LogP contribution in [0.3, 0.4) is 0 Å². The molecule has 2 aromatic carbocycles. The molecule has 1 aliphatic heterocycles. The van der Waals surface area contributed by atoms with Gasteiger partial charge in [-0.25, -0.2) is 4.98 Å². The maximum atomic E-state index is 5.88. The van der Waals surface area contributed by atoms with E-state index in [0.717, 1.165) is 22.0 Å². The van der Waals surface area contributed by atoms with Crippen LogP contribution in [0.4, 0.5) is 0 Å². The van der Waals surface area contributed by atoms with Gasteiger partial charge in [-0.1, -0.05) is 23.4 Å². The van der Waals surface area contributed by atoms with Gasteiger partial charge in [0.15, 0.2) is 11.5 Å². The monoisotopic (exact) mass is 459 g/mol. The van der Waals surface area contributed by atoms with Crippen molar-refractivity contribution in [3.8, 4) is 28.7 Å². The van der Waals surface area contributed by atoms with Gasteiger partial charge in [0.2, 0.25) is 12.7 Å². The van der Waals surface area contributed by atoms with E-state index in [4.69, 9.17) is 30.2 Å². The Morgan fingerprint density at radius 3 is 2.83 bits per heavy atom. The number of rotatable bonds is 7.